The molecule has 0 aliphatic rings. The summed E-state index contributed by atoms with van der Waals surface area (Å²) >= 11 is 0. The van der Waals surface area contributed by atoms with Crippen LogP contribution >= 0.6 is 0 Å². The molecule has 1 aromatic carbocycles. The summed E-state index contributed by atoms with van der Waals surface area (Å²) in [6.07, 6.45) is 2.89. The van der Waals surface area contributed by atoms with Gasteiger partial charge >= 0.3 is 12.6 Å². The van der Waals surface area contributed by atoms with Crippen molar-refractivity contribution in [1.82, 2.24) is 5.32 Å². The van der Waals surface area contributed by atoms with Crippen LogP contribution < -0.4 is 10.1 Å². The summed E-state index contributed by atoms with van der Waals surface area (Å²) in [6.45, 7) is -1.19. The Bertz CT molecular complexity index is 529. The summed E-state index contributed by atoms with van der Waals surface area (Å²) in [6, 6.07) is 5.48. The molecule has 5 nitrogen and oxygen atoms in total. The molecule has 0 radical (unpaired) electrons. The van der Waals surface area contributed by atoms with E-state index < -0.39 is 12.6 Å². The average Bonchev–Trinajstić information content (AvgIpc) is 2.45. The van der Waals surface area contributed by atoms with Crippen molar-refractivity contribution in [2.45, 2.75) is 26.0 Å². The Hall–Kier alpha value is -2.44. The van der Waals surface area contributed by atoms with Gasteiger partial charge in [-0.3, -0.25) is 9.59 Å². The van der Waals surface area contributed by atoms with Crippen LogP contribution in [0.25, 0.3) is 6.08 Å². The predicted octanol–water partition coefficient (Wildman–Crippen LogP) is 2.37. The number of benzene rings is 1. The minimum atomic E-state index is -2.87. The van der Waals surface area contributed by atoms with Crippen LogP contribution in [0.15, 0.2) is 30.3 Å². The van der Waals surface area contributed by atoms with E-state index in [0.717, 1.165) is 0 Å². The SMILES string of the molecule is COC(=O)CC(C)NC(=O)/C=C/c1ccc(OC(F)F)cc1. The molecule has 7 heteroatoms. The van der Waals surface area contributed by atoms with E-state index in [2.05, 4.69) is 14.8 Å². The number of carbonyl (C=O) groups is 2. The molecule has 0 aliphatic carbocycles. The number of halogens is 2. The molecule has 0 bridgehead atoms. The first-order chi connectivity index (χ1) is 10.4. The molecule has 120 valence electrons. The topological polar surface area (TPSA) is 64.6 Å². The third-order valence-corrected chi connectivity index (χ3v) is 2.62. The Kier molecular flexibility index (Phi) is 7.01. The van der Waals surface area contributed by atoms with Gasteiger partial charge in [-0.15, -0.1) is 0 Å². The fraction of sp³-hybridized carbons (Fsp3) is 0.333. The summed E-state index contributed by atoms with van der Waals surface area (Å²) < 4.78 is 32.7. The molecule has 0 aromatic heterocycles. The number of carbonyl (C=O) groups excluding carboxylic acids is 2. The predicted molar refractivity (Wildman–Crippen MR) is 76.3 cm³/mol. The van der Waals surface area contributed by atoms with E-state index in [1.807, 2.05) is 0 Å². The molecule has 0 saturated heterocycles. The molecule has 0 aliphatic heterocycles. The Morgan fingerprint density at radius 2 is 1.91 bits per heavy atom. The first kappa shape index (κ1) is 17.6. The number of ether oxygens (including phenoxy) is 2. The molecule has 1 aromatic rings. The maximum atomic E-state index is 12.0. The highest BCUT2D eigenvalue weighted by atomic mass is 19.3. The molecule has 0 spiro atoms. The van der Waals surface area contributed by atoms with Gasteiger partial charge in [0.2, 0.25) is 5.91 Å². The Labute approximate surface area is 126 Å². The number of esters is 1. The Morgan fingerprint density at radius 3 is 2.45 bits per heavy atom. The number of amides is 1. The molecule has 1 N–H and O–H groups in total. The lowest BCUT2D eigenvalue weighted by Gasteiger charge is -2.10. The highest BCUT2D eigenvalue weighted by molar-refractivity contribution is 5.92. The van der Waals surface area contributed by atoms with Gasteiger partial charge in [-0.2, -0.15) is 8.78 Å². The monoisotopic (exact) mass is 313 g/mol. The standard InChI is InChI=1S/C15H17F2NO4/c1-10(9-14(20)21-2)18-13(19)8-5-11-3-6-12(7-4-11)22-15(16)17/h3-8,10,15H,9H2,1-2H3,(H,18,19)/b8-5+. The number of rotatable bonds is 7. The van der Waals surface area contributed by atoms with Gasteiger partial charge in [0.25, 0.3) is 0 Å². The summed E-state index contributed by atoms with van der Waals surface area (Å²) in [5.74, 6) is -0.737. The zero-order valence-corrected chi connectivity index (χ0v) is 12.2. The molecule has 0 fully saturated rings. The van der Waals surface area contributed by atoms with Gasteiger partial charge in [0.05, 0.1) is 13.5 Å². The lowest BCUT2D eigenvalue weighted by molar-refractivity contribution is -0.141. The molecule has 0 heterocycles. The second-order valence-electron chi connectivity index (χ2n) is 4.47. The molecular weight excluding hydrogens is 296 g/mol. The van der Waals surface area contributed by atoms with Gasteiger partial charge in [0.1, 0.15) is 5.75 Å². The molecule has 0 saturated carbocycles. The highest BCUT2D eigenvalue weighted by Crippen LogP contribution is 2.15. The van der Waals surface area contributed by atoms with Crippen LogP contribution in [0.2, 0.25) is 0 Å². The average molecular weight is 313 g/mol. The number of methoxy groups -OCH3 is 1. The van der Waals surface area contributed by atoms with Gasteiger partial charge < -0.3 is 14.8 Å². The van der Waals surface area contributed by atoms with Gasteiger partial charge in [-0.05, 0) is 30.7 Å². The zero-order valence-electron chi connectivity index (χ0n) is 12.2. The first-order valence-corrected chi connectivity index (χ1v) is 6.51. The van der Waals surface area contributed by atoms with E-state index >= 15 is 0 Å². The van der Waals surface area contributed by atoms with E-state index in [-0.39, 0.29) is 24.1 Å². The van der Waals surface area contributed by atoms with Crippen LogP contribution in [0.1, 0.15) is 18.9 Å². The highest BCUT2D eigenvalue weighted by Gasteiger charge is 2.10. The Morgan fingerprint density at radius 1 is 1.27 bits per heavy atom. The van der Waals surface area contributed by atoms with Gasteiger partial charge in [0.15, 0.2) is 0 Å². The Balaban J connectivity index is 2.49. The van der Waals surface area contributed by atoms with Gasteiger partial charge in [-0.1, -0.05) is 12.1 Å². The van der Waals surface area contributed by atoms with Crippen molar-refractivity contribution in [2.24, 2.45) is 0 Å². The summed E-state index contributed by atoms with van der Waals surface area (Å²) in [5.41, 5.74) is 0.650. The van der Waals surface area contributed by atoms with Crippen LogP contribution in [0.4, 0.5) is 8.78 Å². The summed E-state index contributed by atoms with van der Waals surface area (Å²) in [5, 5.41) is 2.60. The lowest BCUT2D eigenvalue weighted by atomic mass is 10.2. The lowest BCUT2D eigenvalue weighted by Crippen LogP contribution is -2.33. The molecule has 1 atom stereocenters. The van der Waals surface area contributed by atoms with Crippen LogP contribution in [0.3, 0.4) is 0 Å². The van der Waals surface area contributed by atoms with E-state index in [9.17, 15) is 18.4 Å². The maximum absolute atomic E-state index is 12.0. The molecular formula is C15H17F2NO4. The van der Waals surface area contributed by atoms with E-state index in [4.69, 9.17) is 0 Å². The van der Waals surface area contributed by atoms with E-state index in [0.29, 0.717) is 5.56 Å². The third kappa shape index (κ3) is 6.83. The van der Waals surface area contributed by atoms with Crippen LogP contribution in [0.5, 0.6) is 5.75 Å². The second kappa shape index (κ2) is 8.76. The first-order valence-electron chi connectivity index (χ1n) is 6.51. The van der Waals surface area contributed by atoms with Crippen molar-refractivity contribution < 1.29 is 27.8 Å². The normalized spacial score (nSPS) is 12.2. The number of hydrogen-bond donors (Lipinski definition) is 1. The fourth-order valence-corrected chi connectivity index (χ4v) is 1.61. The van der Waals surface area contributed by atoms with Crippen molar-refractivity contribution in [3.8, 4) is 5.75 Å². The molecule has 22 heavy (non-hydrogen) atoms. The number of alkyl halides is 2. The summed E-state index contributed by atoms with van der Waals surface area (Å²) in [4.78, 5) is 22.7. The minimum absolute atomic E-state index is 0.0447. The fourth-order valence-electron chi connectivity index (χ4n) is 1.61. The zero-order chi connectivity index (χ0) is 16.5. The van der Waals surface area contributed by atoms with Crippen molar-refractivity contribution in [3.05, 3.63) is 35.9 Å². The number of hydrogen-bond acceptors (Lipinski definition) is 4. The minimum Gasteiger partial charge on any atom is -0.469 e. The van der Waals surface area contributed by atoms with Crippen molar-refractivity contribution in [2.75, 3.05) is 7.11 Å². The molecule has 1 unspecified atom stereocenters. The maximum Gasteiger partial charge on any atom is 0.387 e. The van der Waals surface area contributed by atoms with Crippen molar-refractivity contribution in [3.63, 3.8) is 0 Å². The van der Waals surface area contributed by atoms with Crippen molar-refractivity contribution >= 4 is 18.0 Å². The van der Waals surface area contributed by atoms with Crippen LogP contribution in [-0.2, 0) is 14.3 Å². The van der Waals surface area contributed by atoms with Crippen LogP contribution in [0, 0.1) is 0 Å². The van der Waals surface area contributed by atoms with E-state index in [1.54, 1.807) is 19.1 Å². The largest absolute Gasteiger partial charge is 0.469 e. The van der Waals surface area contributed by atoms with Crippen LogP contribution in [-0.4, -0.2) is 31.6 Å². The van der Waals surface area contributed by atoms with Gasteiger partial charge in [0, 0.05) is 12.1 Å². The smallest absolute Gasteiger partial charge is 0.387 e. The number of nitrogens with one attached hydrogen (secondary N) is 1. The van der Waals surface area contributed by atoms with Gasteiger partial charge in [-0.25, -0.2) is 0 Å². The van der Waals surface area contributed by atoms with Crippen molar-refractivity contribution in [1.29, 1.82) is 0 Å². The molecule has 1 amide bonds. The van der Waals surface area contributed by atoms with E-state index in [1.165, 1.54) is 31.4 Å². The second-order valence-corrected chi connectivity index (χ2v) is 4.47. The molecule has 1 rings (SSSR count). The summed E-state index contributed by atoms with van der Waals surface area (Å²) in [7, 11) is 1.28. The quantitative estimate of drug-likeness (QED) is 0.620. The third-order valence-electron chi connectivity index (χ3n) is 2.62.